The summed E-state index contributed by atoms with van der Waals surface area (Å²) < 4.78 is 0. The highest BCUT2D eigenvalue weighted by Crippen LogP contribution is 2.18. The molecule has 2 rings (SSSR count). The van der Waals surface area contributed by atoms with Crippen LogP contribution in [0.25, 0.3) is 0 Å². The Labute approximate surface area is 169 Å². The largest absolute Gasteiger partial charge is 0.357 e. The summed E-state index contributed by atoms with van der Waals surface area (Å²) >= 11 is 1.61. The number of anilines is 1. The number of nitrogens with one attached hydrogen (secondary N) is 2. The fourth-order valence-electron chi connectivity index (χ4n) is 2.52. The molecule has 152 valence electrons. The number of benzene rings is 1. The topological polar surface area (TPSA) is 95.7 Å². The number of aliphatic imine (C=N–C) groups is 1. The Bertz CT molecular complexity index is 773. The lowest BCUT2D eigenvalue weighted by Gasteiger charge is -2.11. The summed E-state index contributed by atoms with van der Waals surface area (Å²) in [5.41, 5.74) is 2.21. The Hall–Kier alpha value is -2.68. The molecule has 0 fully saturated rings. The van der Waals surface area contributed by atoms with E-state index in [9.17, 15) is 10.1 Å². The van der Waals surface area contributed by atoms with Gasteiger partial charge in [0.15, 0.2) is 11.1 Å². The van der Waals surface area contributed by atoms with Gasteiger partial charge in [-0.2, -0.15) is 0 Å². The minimum Gasteiger partial charge on any atom is -0.357 e. The van der Waals surface area contributed by atoms with E-state index in [1.165, 1.54) is 0 Å². The van der Waals surface area contributed by atoms with Crippen LogP contribution in [0, 0.1) is 10.1 Å². The molecule has 1 aromatic carbocycles. The van der Waals surface area contributed by atoms with E-state index < -0.39 is 0 Å². The summed E-state index contributed by atoms with van der Waals surface area (Å²) in [5, 5.41) is 20.3. The fraction of sp³-hybridized carbons (Fsp3) is 0.474. The molecule has 0 amide bonds. The molecule has 0 radical (unpaired) electrons. The van der Waals surface area contributed by atoms with E-state index in [0.717, 1.165) is 54.7 Å². The van der Waals surface area contributed by atoms with Gasteiger partial charge in [0, 0.05) is 44.7 Å². The highest BCUT2D eigenvalue weighted by Gasteiger charge is 2.05. The first-order valence-electron chi connectivity index (χ1n) is 9.37. The van der Waals surface area contributed by atoms with Gasteiger partial charge in [0.2, 0.25) is 0 Å². The second kappa shape index (κ2) is 11.2. The van der Waals surface area contributed by atoms with E-state index in [2.05, 4.69) is 20.6 Å². The third-order valence-corrected chi connectivity index (χ3v) is 5.05. The molecule has 2 aromatic rings. The van der Waals surface area contributed by atoms with E-state index in [-0.39, 0.29) is 10.6 Å². The molecule has 1 heterocycles. The summed E-state index contributed by atoms with van der Waals surface area (Å²) in [5.74, 6) is 0.789. The number of nitro benzene ring substituents is 1. The first-order valence-corrected chi connectivity index (χ1v) is 10.2. The number of aromatic nitrogens is 1. The lowest BCUT2D eigenvalue weighted by molar-refractivity contribution is -0.384. The quantitative estimate of drug-likeness (QED) is 0.208. The molecule has 1 aromatic heterocycles. The fourth-order valence-corrected chi connectivity index (χ4v) is 3.27. The van der Waals surface area contributed by atoms with Crippen molar-refractivity contribution in [3.63, 3.8) is 0 Å². The lowest BCUT2D eigenvalue weighted by Crippen LogP contribution is -2.37. The zero-order chi connectivity index (χ0) is 20.4. The van der Waals surface area contributed by atoms with Crippen LogP contribution in [0.15, 0.2) is 34.6 Å². The highest BCUT2D eigenvalue weighted by atomic mass is 32.1. The Kier molecular flexibility index (Phi) is 8.67. The van der Waals surface area contributed by atoms with Gasteiger partial charge in [0.1, 0.15) is 0 Å². The number of nitrogens with zero attached hydrogens (tertiary/aromatic N) is 4. The molecule has 0 aliphatic heterocycles. The van der Waals surface area contributed by atoms with Crippen LogP contribution in [0.2, 0.25) is 0 Å². The molecule has 8 nitrogen and oxygen atoms in total. The zero-order valence-electron chi connectivity index (χ0n) is 16.6. The van der Waals surface area contributed by atoms with Crippen molar-refractivity contribution < 1.29 is 4.92 Å². The summed E-state index contributed by atoms with van der Waals surface area (Å²) in [6.45, 7) is 4.20. The molecule has 0 saturated carbocycles. The van der Waals surface area contributed by atoms with Gasteiger partial charge >= 0.3 is 0 Å². The van der Waals surface area contributed by atoms with Gasteiger partial charge in [0.05, 0.1) is 17.2 Å². The van der Waals surface area contributed by atoms with Gasteiger partial charge in [-0.15, -0.1) is 11.3 Å². The Morgan fingerprint density at radius 2 is 2.00 bits per heavy atom. The Morgan fingerprint density at radius 3 is 2.61 bits per heavy atom. The molecule has 0 spiro atoms. The normalized spacial score (nSPS) is 11.3. The number of hydrogen-bond donors (Lipinski definition) is 2. The molecule has 0 aliphatic carbocycles. The smallest absolute Gasteiger partial charge is 0.269 e. The number of rotatable bonds is 10. The average molecular weight is 405 g/mol. The summed E-state index contributed by atoms with van der Waals surface area (Å²) in [6, 6.07) is 6.77. The molecule has 0 unspecified atom stereocenters. The van der Waals surface area contributed by atoms with Gasteiger partial charge in [0.25, 0.3) is 5.69 Å². The summed E-state index contributed by atoms with van der Waals surface area (Å²) in [7, 11) is 3.96. The van der Waals surface area contributed by atoms with Crippen LogP contribution in [0.4, 0.5) is 10.8 Å². The monoisotopic (exact) mass is 404 g/mol. The number of non-ortho nitro benzene ring substituents is 1. The van der Waals surface area contributed by atoms with E-state index in [1.807, 2.05) is 43.4 Å². The summed E-state index contributed by atoms with van der Waals surface area (Å²) in [6.07, 6.45) is 2.89. The molecule has 0 aliphatic rings. The van der Waals surface area contributed by atoms with Crippen LogP contribution < -0.4 is 15.5 Å². The predicted octanol–water partition coefficient (Wildman–Crippen LogP) is 3.20. The molecule has 0 bridgehead atoms. The molecular weight excluding hydrogens is 376 g/mol. The molecule has 0 atom stereocenters. The molecular formula is C19H28N6O2S. The number of guanidine groups is 1. The maximum absolute atomic E-state index is 10.7. The second-order valence-electron chi connectivity index (χ2n) is 6.52. The van der Waals surface area contributed by atoms with Crippen LogP contribution in [0.5, 0.6) is 0 Å². The van der Waals surface area contributed by atoms with E-state index in [0.29, 0.717) is 6.54 Å². The lowest BCUT2D eigenvalue weighted by atomic mass is 10.1. The Balaban J connectivity index is 1.73. The number of aryl methyl sites for hydroxylation is 1. The van der Waals surface area contributed by atoms with Crippen molar-refractivity contribution in [2.75, 3.05) is 32.1 Å². The summed E-state index contributed by atoms with van der Waals surface area (Å²) in [4.78, 5) is 21.4. The van der Waals surface area contributed by atoms with Gasteiger partial charge in [-0.1, -0.05) is 12.1 Å². The number of hydrogen-bond acceptors (Lipinski definition) is 6. The maximum Gasteiger partial charge on any atom is 0.269 e. The standard InChI is InChI=1S/C19H28N6O2S/c1-4-20-18(22-13-16-14-28-19(23-16)24(2)3)21-12-6-5-7-15-8-10-17(11-9-15)25(26)27/h8-11,14H,4-7,12-13H2,1-3H3,(H2,20,21,22). The van der Waals surface area contributed by atoms with Crippen molar-refractivity contribution in [1.82, 2.24) is 15.6 Å². The van der Waals surface area contributed by atoms with Crippen molar-refractivity contribution >= 4 is 28.1 Å². The zero-order valence-corrected chi connectivity index (χ0v) is 17.5. The van der Waals surface area contributed by atoms with Crippen molar-refractivity contribution in [2.45, 2.75) is 32.7 Å². The van der Waals surface area contributed by atoms with E-state index >= 15 is 0 Å². The number of unbranched alkanes of at least 4 members (excludes halogenated alkanes) is 1. The van der Waals surface area contributed by atoms with Gasteiger partial charge < -0.3 is 15.5 Å². The minimum absolute atomic E-state index is 0.134. The van der Waals surface area contributed by atoms with Gasteiger partial charge in [-0.3, -0.25) is 10.1 Å². The van der Waals surface area contributed by atoms with Crippen LogP contribution in [-0.4, -0.2) is 43.1 Å². The van der Waals surface area contributed by atoms with Crippen LogP contribution >= 0.6 is 11.3 Å². The first kappa shape index (κ1) is 21.6. The van der Waals surface area contributed by atoms with Crippen LogP contribution in [0.3, 0.4) is 0 Å². The molecule has 0 saturated heterocycles. The first-order chi connectivity index (χ1) is 13.5. The predicted molar refractivity (Wildman–Crippen MR) is 115 cm³/mol. The molecule has 9 heteroatoms. The van der Waals surface area contributed by atoms with Crippen molar-refractivity contribution in [3.05, 3.63) is 51.0 Å². The maximum atomic E-state index is 10.7. The minimum atomic E-state index is -0.373. The van der Waals surface area contributed by atoms with Crippen molar-refractivity contribution in [2.24, 2.45) is 4.99 Å². The molecule has 28 heavy (non-hydrogen) atoms. The third kappa shape index (κ3) is 7.15. The Morgan fingerprint density at radius 1 is 1.25 bits per heavy atom. The van der Waals surface area contributed by atoms with Gasteiger partial charge in [-0.25, -0.2) is 9.98 Å². The third-order valence-electron chi connectivity index (χ3n) is 4.00. The number of nitro groups is 1. The average Bonchev–Trinajstić information content (AvgIpc) is 3.15. The van der Waals surface area contributed by atoms with Gasteiger partial charge in [-0.05, 0) is 31.7 Å². The van der Waals surface area contributed by atoms with Crippen molar-refractivity contribution in [3.8, 4) is 0 Å². The number of thiazole rings is 1. The SMILES string of the molecule is CCNC(=NCc1csc(N(C)C)n1)NCCCCc1ccc([N+](=O)[O-])cc1. The van der Waals surface area contributed by atoms with Crippen LogP contribution in [-0.2, 0) is 13.0 Å². The van der Waals surface area contributed by atoms with Crippen molar-refractivity contribution in [1.29, 1.82) is 0 Å². The molecule has 2 N–H and O–H groups in total. The van der Waals surface area contributed by atoms with E-state index in [1.54, 1.807) is 23.5 Å². The van der Waals surface area contributed by atoms with Crippen LogP contribution in [0.1, 0.15) is 31.0 Å². The second-order valence-corrected chi connectivity index (χ2v) is 7.36. The highest BCUT2D eigenvalue weighted by molar-refractivity contribution is 7.13. The van der Waals surface area contributed by atoms with E-state index in [4.69, 9.17) is 0 Å².